The lowest BCUT2D eigenvalue weighted by Crippen LogP contribution is -2.61. The van der Waals surface area contributed by atoms with E-state index < -0.39 is 169 Å². The first kappa shape index (κ1) is 75.4. The third-order valence-electron chi connectivity index (χ3n) is 13.5. The van der Waals surface area contributed by atoms with Crippen molar-refractivity contribution in [2.45, 2.75) is 179 Å². The van der Waals surface area contributed by atoms with E-state index in [4.69, 9.17) is 22.9 Å². The number of hydrogen-bond acceptors (Lipinski definition) is 18. The van der Waals surface area contributed by atoms with Crippen molar-refractivity contribution in [3.63, 3.8) is 0 Å². The van der Waals surface area contributed by atoms with Gasteiger partial charge >= 0.3 is 11.9 Å². The number of phenols is 1. The highest BCUT2D eigenvalue weighted by molar-refractivity contribution is 5.99. The molecule has 1 aliphatic heterocycles. The maximum Gasteiger partial charge on any atom is 0.326 e. The minimum Gasteiger partial charge on any atom is -0.508 e. The molecule has 1 fully saturated rings. The second-order valence-corrected chi connectivity index (χ2v) is 22.7. The fourth-order valence-corrected chi connectivity index (χ4v) is 9.13. The molecule has 22 N–H and O–H groups in total. The molecule has 33 heteroatoms. The summed E-state index contributed by atoms with van der Waals surface area (Å²) in [4.78, 5) is 177. The standard InChI is InChI=1S/C55H89N15O18/c1-26(2)18-34(64-47(80)36(20-28(5)6)65-48(81)37(21-30-12-14-31(73)15-13-30)66-51(84)39(25-71)68-45(78)32(56)22-41(57)74)46(79)61-24-42(75)62-35(19-27(3)4)50(83)69-44(29(7)72)53(86)70-17-9-11-40(70)52(85)67-38(23-43(76)77)49(82)63-33(54(87)88)10-8-16-60-55(58)59/h12-15,26-29,32-40,44,71-73H,8-11,16-25,56H2,1-7H3,(H2,57,74)(H,61,79)(H,62,75)(H,63,82)(H,64,80)(H,65,81)(H,66,84)(H,67,85)(H,68,78)(H,69,83)(H,76,77)(H,87,88)(H4,58,59,60). The van der Waals surface area contributed by atoms with E-state index in [-0.39, 0.29) is 93.9 Å². The van der Waals surface area contributed by atoms with Gasteiger partial charge in [-0.05, 0) is 87.3 Å². The fraction of sp³-hybridized carbons (Fsp3) is 0.636. The Morgan fingerprint density at radius 3 is 1.61 bits per heavy atom. The van der Waals surface area contributed by atoms with Crippen LogP contribution in [-0.2, 0) is 68.7 Å². The van der Waals surface area contributed by atoms with Crippen LogP contribution in [0.5, 0.6) is 5.75 Å². The summed E-state index contributed by atoms with van der Waals surface area (Å²) in [5.74, 6) is -14.7. The zero-order valence-electron chi connectivity index (χ0n) is 50.5. The van der Waals surface area contributed by atoms with Crippen LogP contribution in [-0.4, -0.2) is 206 Å². The van der Waals surface area contributed by atoms with Crippen molar-refractivity contribution in [1.29, 1.82) is 0 Å². The molecule has 1 saturated heterocycles. The molecule has 88 heavy (non-hydrogen) atoms. The number of amides is 11. The third-order valence-corrected chi connectivity index (χ3v) is 13.5. The second kappa shape index (κ2) is 37.1. The number of nitrogens with two attached hydrogens (primary N) is 4. The number of aliphatic carboxylic acids is 2. The van der Waals surface area contributed by atoms with E-state index in [9.17, 15) is 87.9 Å². The summed E-state index contributed by atoms with van der Waals surface area (Å²) in [5.41, 5.74) is 21.8. The van der Waals surface area contributed by atoms with Crippen molar-refractivity contribution in [3.8, 4) is 5.75 Å². The summed E-state index contributed by atoms with van der Waals surface area (Å²) in [6.45, 7) is 9.82. The number of likely N-dealkylation sites (tertiary alicyclic amines) is 1. The molecular weight excluding hydrogens is 1160 g/mol. The molecule has 33 nitrogen and oxygen atoms in total. The number of phenolic OH excluding ortho intramolecular Hbond substituents is 1. The average molecular weight is 1250 g/mol. The number of carboxylic acids is 2. The molecule has 1 heterocycles. The molecule has 0 saturated carbocycles. The third kappa shape index (κ3) is 26.9. The number of hydrogen-bond donors (Lipinski definition) is 18. The normalized spacial score (nSPS) is 16.3. The van der Waals surface area contributed by atoms with Gasteiger partial charge in [-0.2, -0.15) is 0 Å². The smallest absolute Gasteiger partial charge is 0.326 e. The number of carboxylic acid groups (broad SMARTS) is 2. The van der Waals surface area contributed by atoms with Crippen molar-refractivity contribution in [2.24, 2.45) is 45.7 Å². The quantitative estimate of drug-likeness (QED) is 0.0167. The van der Waals surface area contributed by atoms with E-state index in [1.807, 2.05) is 0 Å². The molecule has 11 unspecified atom stereocenters. The molecule has 11 atom stereocenters. The monoisotopic (exact) mass is 1250 g/mol. The molecular formula is C55H89N15O18. The Hall–Kier alpha value is -8.72. The lowest BCUT2D eigenvalue weighted by molar-refractivity contribution is -0.146. The van der Waals surface area contributed by atoms with E-state index in [0.29, 0.717) is 5.56 Å². The number of rotatable bonds is 38. The van der Waals surface area contributed by atoms with Gasteiger partial charge in [-0.25, -0.2) is 4.79 Å². The average Bonchev–Trinajstić information content (AvgIpc) is 2.75. The lowest BCUT2D eigenvalue weighted by atomic mass is 9.99. The number of guanidine groups is 1. The summed E-state index contributed by atoms with van der Waals surface area (Å²) in [7, 11) is 0. The van der Waals surface area contributed by atoms with Crippen LogP contribution in [0.1, 0.15) is 112 Å². The van der Waals surface area contributed by atoms with Gasteiger partial charge < -0.3 is 101 Å². The Kier molecular flexibility index (Phi) is 31.8. The van der Waals surface area contributed by atoms with Crippen LogP contribution in [0.2, 0.25) is 0 Å². The summed E-state index contributed by atoms with van der Waals surface area (Å²) < 4.78 is 0. The van der Waals surface area contributed by atoms with Crippen LogP contribution in [0.15, 0.2) is 29.3 Å². The lowest BCUT2D eigenvalue weighted by Gasteiger charge is -2.32. The van der Waals surface area contributed by atoms with Gasteiger partial charge in [-0.3, -0.25) is 62.5 Å². The summed E-state index contributed by atoms with van der Waals surface area (Å²) >= 11 is 0. The van der Waals surface area contributed by atoms with Gasteiger partial charge in [-0.15, -0.1) is 0 Å². The second-order valence-electron chi connectivity index (χ2n) is 22.7. The molecule has 0 spiro atoms. The van der Waals surface area contributed by atoms with Crippen LogP contribution in [0.3, 0.4) is 0 Å². The largest absolute Gasteiger partial charge is 0.508 e. The van der Waals surface area contributed by atoms with Crippen LogP contribution < -0.4 is 70.8 Å². The fourth-order valence-electron chi connectivity index (χ4n) is 9.13. The Morgan fingerprint density at radius 2 is 1.10 bits per heavy atom. The molecule has 0 bridgehead atoms. The van der Waals surface area contributed by atoms with E-state index in [1.54, 1.807) is 41.5 Å². The van der Waals surface area contributed by atoms with Crippen molar-refractivity contribution in [1.82, 2.24) is 52.8 Å². The van der Waals surface area contributed by atoms with Crippen LogP contribution in [0, 0.1) is 17.8 Å². The van der Waals surface area contributed by atoms with Gasteiger partial charge in [0.2, 0.25) is 65.0 Å². The Morgan fingerprint density at radius 1 is 0.614 bits per heavy atom. The topological polar surface area (TPSA) is 551 Å². The van der Waals surface area contributed by atoms with Gasteiger partial charge in [0.1, 0.15) is 60.1 Å². The molecule has 1 aliphatic rings. The van der Waals surface area contributed by atoms with Crippen molar-refractivity contribution in [3.05, 3.63) is 29.8 Å². The zero-order valence-corrected chi connectivity index (χ0v) is 50.5. The first-order valence-electron chi connectivity index (χ1n) is 28.7. The number of aliphatic hydroxyl groups excluding tert-OH is 2. The van der Waals surface area contributed by atoms with Gasteiger partial charge in [0.05, 0.1) is 38.1 Å². The molecule has 0 aromatic heterocycles. The molecule has 1 aromatic rings. The summed E-state index contributed by atoms with van der Waals surface area (Å²) in [5, 5.41) is 71.9. The number of aromatic hydroxyl groups is 1. The number of carbonyl (C=O) groups is 13. The molecule has 1 aromatic carbocycles. The minimum atomic E-state index is -1.81. The Bertz CT molecular complexity index is 2630. The number of carbonyl (C=O) groups excluding carboxylic acids is 11. The zero-order chi connectivity index (χ0) is 66.7. The number of benzene rings is 1. The Labute approximate surface area is 508 Å². The SMILES string of the molecule is CC(C)CC(NC(=O)CNC(=O)C(CC(C)C)NC(=O)C(CC(C)C)NC(=O)C(Cc1ccc(O)cc1)NC(=O)C(CO)NC(=O)C(N)CC(N)=O)C(=O)NC(C(=O)N1CCCC1C(=O)NC(CC(=O)O)C(=O)NC(CCCN=C(N)N)C(=O)O)C(C)O. The summed E-state index contributed by atoms with van der Waals surface area (Å²) in [6.07, 6.45) is -3.28. The summed E-state index contributed by atoms with van der Waals surface area (Å²) in [6, 6.07) is -9.54. The van der Waals surface area contributed by atoms with Gasteiger partial charge in [-0.1, -0.05) is 53.7 Å². The number of aliphatic imine (C=N–C) groups is 1. The van der Waals surface area contributed by atoms with Crippen LogP contribution >= 0.6 is 0 Å². The molecule has 11 amide bonds. The van der Waals surface area contributed by atoms with Gasteiger partial charge in [0.15, 0.2) is 5.96 Å². The van der Waals surface area contributed by atoms with Gasteiger partial charge in [0, 0.05) is 19.5 Å². The van der Waals surface area contributed by atoms with Crippen molar-refractivity contribution < 1.29 is 87.9 Å². The van der Waals surface area contributed by atoms with Crippen LogP contribution in [0.25, 0.3) is 0 Å². The Balaban J connectivity index is 2.28. The predicted molar refractivity (Wildman–Crippen MR) is 314 cm³/mol. The molecule has 0 radical (unpaired) electrons. The number of primary amides is 1. The number of nitrogens with zero attached hydrogens (tertiary/aromatic N) is 2. The van der Waals surface area contributed by atoms with Crippen molar-refractivity contribution >= 4 is 82.9 Å². The maximum absolute atomic E-state index is 14.2. The molecule has 0 aliphatic carbocycles. The van der Waals surface area contributed by atoms with Crippen molar-refractivity contribution in [2.75, 3.05) is 26.2 Å². The van der Waals surface area contributed by atoms with E-state index in [2.05, 4.69) is 52.8 Å². The molecule has 492 valence electrons. The van der Waals surface area contributed by atoms with E-state index in [1.165, 1.54) is 31.2 Å². The van der Waals surface area contributed by atoms with E-state index >= 15 is 0 Å². The first-order chi connectivity index (χ1) is 41.1. The van der Waals surface area contributed by atoms with E-state index in [0.717, 1.165) is 4.90 Å². The van der Waals surface area contributed by atoms with Crippen LogP contribution in [0.4, 0.5) is 0 Å². The number of aliphatic hydroxyl groups is 2. The predicted octanol–water partition coefficient (Wildman–Crippen LogP) is -5.75. The molecule has 2 rings (SSSR count). The van der Waals surface area contributed by atoms with Gasteiger partial charge in [0.25, 0.3) is 0 Å². The first-order valence-corrected chi connectivity index (χ1v) is 28.7. The highest BCUT2D eigenvalue weighted by Gasteiger charge is 2.42. The maximum atomic E-state index is 14.2. The highest BCUT2D eigenvalue weighted by Crippen LogP contribution is 2.21. The highest BCUT2D eigenvalue weighted by atomic mass is 16.4. The number of nitrogens with one attached hydrogen (secondary N) is 9. The minimum absolute atomic E-state index is 0.00128.